The van der Waals surface area contributed by atoms with Crippen LogP contribution in [-0.2, 0) is 19.1 Å². The topological polar surface area (TPSA) is 90.4 Å². The molecule has 0 aromatic carbocycles. The van der Waals surface area contributed by atoms with Crippen LogP contribution in [-0.4, -0.2) is 96.6 Å². The second kappa shape index (κ2) is 8.98. The summed E-state index contributed by atoms with van der Waals surface area (Å²) in [6, 6.07) is 0. The predicted molar refractivity (Wildman–Crippen MR) is 86.5 cm³/mol. The number of aliphatic carboxylic acids is 1. The minimum absolute atomic E-state index is 0.0200. The third kappa shape index (κ3) is 5.17. The van der Waals surface area contributed by atoms with Crippen LogP contribution in [0.1, 0.15) is 19.8 Å². The number of rotatable bonds is 8. The van der Waals surface area contributed by atoms with E-state index >= 15 is 0 Å². The summed E-state index contributed by atoms with van der Waals surface area (Å²) in [4.78, 5) is 40.9. The molecule has 2 rings (SSSR count). The number of morpholine rings is 1. The molecule has 0 aliphatic carbocycles. The standard InChI is InChI=1S/C16H27N3O5/c1-2-3-19(12-15(21)22)16(23)13-10-14(20)18(11-13)5-4-17-6-8-24-9-7-17/h13H,2-12H2,1H3,(H,21,22). The fourth-order valence-corrected chi connectivity index (χ4v) is 3.20. The number of likely N-dealkylation sites (tertiary alicyclic amines) is 1. The first kappa shape index (κ1) is 18.7. The van der Waals surface area contributed by atoms with Gasteiger partial charge in [-0.25, -0.2) is 0 Å². The highest BCUT2D eigenvalue weighted by molar-refractivity contribution is 5.90. The van der Waals surface area contributed by atoms with E-state index in [0.29, 0.717) is 26.1 Å². The Labute approximate surface area is 142 Å². The Morgan fingerprint density at radius 1 is 1.29 bits per heavy atom. The molecule has 1 unspecified atom stereocenters. The number of amides is 2. The molecule has 0 spiro atoms. The Bertz CT molecular complexity index is 465. The SMILES string of the molecule is CCCN(CC(=O)O)C(=O)C1CC(=O)N(CCN2CCOCC2)C1. The van der Waals surface area contributed by atoms with Gasteiger partial charge >= 0.3 is 5.97 Å². The largest absolute Gasteiger partial charge is 0.480 e. The molecular weight excluding hydrogens is 314 g/mol. The number of carbonyl (C=O) groups excluding carboxylic acids is 2. The Balaban J connectivity index is 1.85. The van der Waals surface area contributed by atoms with Crippen molar-refractivity contribution in [2.45, 2.75) is 19.8 Å². The molecule has 0 radical (unpaired) electrons. The Kier molecular flexibility index (Phi) is 6.99. The molecule has 24 heavy (non-hydrogen) atoms. The van der Waals surface area contributed by atoms with Crippen LogP contribution in [0.2, 0.25) is 0 Å². The van der Waals surface area contributed by atoms with Crippen molar-refractivity contribution in [1.29, 1.82) is 0 Å². The van der Waals surface area contributed by atoms with Gasteiger partial charge in [0.2, 0.25) is 11.8 Å². The molecule has 2 aliphatic rings. The van der Waals surface area contributed by atoms with Crippen LogP contribution in [0.5, 0.6) is 0 Å². The summed E-state index contributed by atoms with van der Waals surface area (Å²) in [5.74, 6) is -1.69. The van der Waals surface area contributed by atoms with Gasteiger partial charge in [-0.05, 0) is 6.42 Å². The van der Waals surface area contributed by atoms with E-state index in [0.717, 1.165) is 32.8 Å². The predicted octanol–water partition coefficient (Wildman–Crippen LogP) is -0.510. The van der Waals surface area contributed by atoms with Gasteiger partial charge in [-0.1, -0.05) is 6.92 Å². The zero-order valence-corrected chi connectivity index (χ0v) is 14.3. The summed E-state index contributed by atoms with van der Waals surface area (Å²) in [6.45, 7) is 6.96. The van der Waals surface area contributed by atoms with Crippen LogP contribution >= 0.6 is 0 Å². The van der Waals surface area contributed by atoms with Gasteiger partial charge in [0, 0.05) is 45.7 Å². The van der Waals surface area contributed by atoms with E-state index < -0.39 is 11.9 Å². The van der Waals surface area contributed by atoms with Gasteiger partial charge in [0.05, 0.1) is 19.1 Å². The van der Waals surface area contributed by atoms with Crippen molar-refractivity contribution in [3.8, 4) is 0 Å². The maximum Gasteiger partial charge on any atom is 0.323 e. The third-order valence-corrected chi connectivity index (χ3v) is 4.48. The van der Waals surface area contributed by atoms with Gasteiger partial charge in [0.15, 0.2) is 0 Å². The summed E-state index contributed by atoms with van der Waals surface area (Å²) in [7, 11) is 0. The smallest absolute Gasteiger partial charge is 0.323 e. The summed E-state index contributed by atoms with van der Waals surface area (Å²) in [6.07, 6.45) is 0.877. The van der Waals surface area contributed by atoms with Crippen LogP contribution in [0.25, 0.3) is 0 Å². The van der Waals surface area contributed by atoms with E-state index in [9.17, 15) is 14.4 Å². The minimum Gasteiger partial charge on any atom is -0.480 e. The van der Waals surface area contributed by atoms with E-state index in [4.69, 9.17) is 9.84 Å². The monoisotopic (exact) mass is 341 g/mol. The van der Waals surface area contributed by atoms with Crippen LogP contribution in [0.4, 0.5) is 0 Å². The van der Waals surface area contributed by atoms with E-state index in [1.807, 2.05) is 6.92 Å². The molecule has 8 nitrogen and oxygen atoms in total. The van der Waals surface area contributed by atoms with Crippen molar-refractivity contribution in [1.82, 2.24) is 14.7 Å². The first-order valence-corrected chi connectivity index (χ1v) is 8.59. The molecule has 0 aromatic rings. The third-order valence-electron chi connectivity index (χ3n) is 4.48. The Morgan fingerprint density at radius 2 is 2.00 bits per heavy atom. The molecule has 2 aliphatic heterocycles. The first-order chi connectivity index (χ1) is 11.5. The summed E-state index contributed by atoms with van der Waals surface area (Å²) in [5.41, 5.74) is 0. The molecule has 2 amide bonds. The summed E-state index contributed by atoms with van der Waals surface area (Å²) < 4.78 is 5.30. The van der Waals surface area contributed by atoms with Gasteiger partial charge in [0.25, 0.3) is 0 Å². The minimum atomic E-state index is -1.02. The normalized spacial score (nSPS) is 22.0. The van der Waals surface area contributed by atoms with Crippen LogP contribution < -0.4 is 0 Å². The van der Waals surface area contributed by atoms with Gasteiger partial charge in [0.1, 0.15) is 6.54 Å². The lowest BCUT2D eigenvalue weighted by atomic mass is 10.1. The molecule has 0 bridgehead atoms. The summed E-state index contributed by atoms with van der Waals surface area (Å²) >= 11 is 0. The van der Waals surface area contributed by atoms with Crippen LogP contribution in [0.15, 0.2) is 0 Å². The average molecular weight is 341 g/mol. The van der Waals surface area contributed by atoms with Crippen LogP contribution in [0.3, 0.4) is 0 Å². The van der Waals surface area contributed by atoms with E-state index in [-0.39, 0.29) is 24.8 Å². The number of carboxylic acid groups (broad SMARTS) is 1. The molecule has 1 atom stereocenters. The average Bonchev–Trinajstić information content (AvgIpc) is 2.93. The quantitative estimate of drug-likeness (QED) is 0.639. The number of hydrogen-bond donors (Lipinski definition) is 1. The van der Waals surface area contributed by atoms with Crippen molar-refractivity contribution < 1.29 is 24.2 Å². The molecule has 2 saturated heterocycles. The first-order valence-electron chi connectivity index (χ1n) is 8.59. The van der Waals surface area contributed by atoms with E-state index in [2.05, 4.69) is 4.90 Å². The number of hydrogen-bond acceptors (Lipinski definition) is 5. The maximum atomic E-state index is 12.5. The Hall–Kier alpha value is -1.67. The maximum absolute atomic E-state index is 12.5. The fraction of sp³-hybridized carbons (Fsp3) is 0.812. The number of carbonyl (C=O) groups is 3. The highest BCUT2D eigenvalue weighted by Crippen LogP contribution is 2.20. The second-order valence-corrected chi connectivity index (χ2v) is 6.35. The van der Waals surface area contributed by atoms with Gasteiger partial charge in [-0.3, -0.25) is 19.3 Å². The van der Waals surface area contributed by atoms with E-state index in [1.165, 1.54) is 4.90 Å². The zero-order valence-electron chi connectivity index (χ0n) is 14.3. The molecule has 0 saturated carbocycles. The van der Waals surface area contributed by atoms with Crippen molar-refractivity contribution in [2.24, 2.45) is 5.92 Å². The van der Waals surface area contributed by atoms with Gasteiger partial charge < -0.3 is 19.6 Å². The van der Waals surface area contributed by atoms with Crippen LogP contribution in [0, 0.1) is 5.92 Å². The lowest BCUT2D eigenvalue weighted by Crippen LogP contribution is -2.43. The number of carboxylic acids is 1. The van der Waals surface area contributed by atoms with Crippen molar-refractivity contribution in [3.05, 3.63) is 0 Å². The zero-order chi connectivity index (χ0) is 17.5. The molecule has 0 aromatic heterocycles. The second-order valence-electron chi connectivity index (χ2n) is 6.35. The number of nitrogens with zero attached hydrogens (tertiary/aromatic N) is 3. The Morgan fingerprint density at radius 3 is 2.62 bits per heavy atom. The van der Waals surface area contributed by atoms with Gasteiger partial charge in [-0.2, -0.15) is 0 Å². The van der Waals surface area contributed by atoms with Crippen molar-refractivity contribution in [3.63, 3.8) is 0 Å². The molecule has 2 heterocycles. The molecule has 2 fully saturated rings. The van der Waals surface area contributed by atoms with Crippen molar-refractivity contribution >= 4 is 17.8 Å². The summed E-state index contributed by atoms with van der Waals surface area (Å²) in [5, 5.41) is 8.95. The molecule has 1 N–H and O–H groups in total. The molecule has 136 valence electrons. The highest BCUT2D eigenvalue weighted by Gasteiger charge is 2.36. The fourth-order valence-electron chi connectivity index (χ4n) is 3.20. The lowest BCUT2D eigenvalue weighted by Gasteiger charge is -2.28. The van der Waals surface area contributed by atoms with E-state index in [1.54, 1.807) is 4.90 Å². The lowest BCUT2D eigenvalue weighted by molar-refractivity contribution is -0.146. The van der Waals surface area contributed by atoms with Gasteiger partial charge in [-0.15, -0.1) is 0 Å². The number of ether oxygens (including phenoxy) is 1. The molecule has 8 heteroatoms. The molecular formula is C16H27N3O5. The van der Waals surface area contributed by atoms with Crippen molar-refractivity contribution in [2.75, 3.05) is 59.0 Å². The highest BCUT2D eigenvalue weighted by atomic mass is 16.5.